The number of hydrogen-bond donors (Lipinski definition) is 1. The molecule has 0 bridgehead atoms. The standard InChI is InChI=1S/C30H22N6OS/c37-28(35-24-10-5-4-9-23(24)29-36-25-11-6-16-32-30(25)38-29)26-19-22(13-12-20-14-17-31-18-15-20)33-27(34-26)21-7-2-1-3-8-21/h1-11,14-19H,12-13H2,(H,35,37). The number of rotatable bonds is 7. The Hall–Kier alpha value is -4.82. The average Bonchev–Trinajstić information content (AvgIpc) is 3.41. The Balaban J connectivity index is 1.32. The Kier molecular flexibility index (Phi) is 6.61. The maximum absolute atomic E-state index is 13.5. The van der Waals surface area contributed by atoms with E-state index in [0.717, 1.165) is 44.2 Å². The molecule has 1 amide bonds. The van der Waals surface area contributed by atoms with Crippen molar-refractivity contribution >= 4 is 33.3 Å². The minimum absolute atomic E-state index is 0.304. The number of anilines is 1. The Morgan fingerprint density at radius 3 is 2.45 bits per heavy atom. The van der Waals surface area contributed by atoms with Crippen LogP contribution >= 0.6 is 11.3 Å². The Morgan fingerprint density at radius 2 is 1.61 bits per heavy atom. The number of nitrogens with one attached hydrogen (secondary N) is 1. The first-order chi connectivity index (χ1) is 18.7. The molecule has 0 aliphatic rings. The van der Waals surface area contributed by atoms with Crippen molar-refractivity contribution in [1.82, 2.24) is 24.9 Å². The van der Waals surface area contributed by atoms with Gasteiger partial charge in [-0.05, 0) is 60.9 Å². The van der Waals surface area contributed by atoms with Crippen LogP contribution in [0.3, 0.4) is 0 Å². The van der Waals surface area contributed by atoms with Gasteiger partial charge in [0.25, 0.3) is 5.91 Å². The first-order valence-corrected chi connectivity index (χ1v) is 13.0. The summed E-state index contributed by atoms with van der Waals surface area (Å²) in [6.45, 7) is 0. The SMILES string of the molecule is O=C(Nc1ccccc1-c1nc2cccnc2s1)c1cc(CCc2ccncc2)nc(-c2ccccc2)n1. The molecule has 0 saturated heterocycles. The van der Waals surface area contributed by atoms with E-state index in [1.165, 1.54) is 11.3 Å². The van der Waals surface area contributed by atoms with Crippen LogP contribution in [0.1, 0.15) is 21.7 Å². The van der Waals surface area contributed by atoms with Gasteiger partial charge in [-0.1, -0.05) is 53.8 Å². The average molecular weight is 515 g/mol. The van der Waals surface area contributed by atoms with Crippen molar-refractivity contribution < 1.29 is 4.79 Å². The summed E-state index contributed by atoms with van der Waals surface area (Å²) in [5.41, 5.74) is 5.44. The molecule has 7 nitrogen and oxygen atoms in total. The molecule has 2 aromatic carbocycles. The van der Waals surface area contributed by atoms with Crippen molar-refractivity contribution in [3.8, 4) is 22.0 Å². The van der Waals surface area contributed by atoms with Crippen molar-refractivity contribution in [2.45, 2.75) is 12.8 Å². The molecule has 0 saturated carbocycles. The lowest BCUT2D eigenvalue weighted by atomic mass is 10.1. The lowest BCUT2D eigenvalue weighted by Crippen LogP contribution is -2.16. The van der Waals surface area contributed by atoms with Gasteiger partial charge in [0.05, 0.1) is 5.69 Å². The van der Waals surface area contributed by atoms with Crippen molar-refractivity contribution in [3.05, 3.63) is 120 Å². The zero-order valence-corrected chi connectivity index (χ0v) is 21.1. The number of benzene rings is 2. The highest BCUT2D eigenvalue weighted by Gasteiger charge is 2.17. The van der Waals surface area contributed by atoms with Gasteiger partial charge in [-0.25, -0.2) is 19.9 Å². The lowest BCUT2D eigenvalue weighted by molar-refractivity contribution is 0.102. The summed E-state index contributed by atoms with van der Waals surface area (Å²) >= 11 is 1.49. The van der Waals surface area contributed by atoms with Crippen molar-refractivity contribution in [2.24, 2.45) is 0 Å². The van der Waals surface area contributed by atoms with E-state index in [0.29, 0.717) is 23.6 Å². The number of nitrogens with zero attached hydrogens (tertiary/aromatic N) is 5. The van der Waals surface area contributed by atoms with Crippen LogP contribution in [-0.2, 0) is 12.8 Å². The minimum Gasteiger partial charge on any atom is -0.320 e. The molecule has 0 aliphatic heterocycles. The summed E-state index contributed by atoms with van der Waals surface area (Å²) in [5.74, 6) is 0.218. The van der Waals surface area contributed by atoms with E-state index in [1.54, 1.807) is 24.7 Å². The van der Waals surface area contributed by atoms with Crippen LogP contribution in [0.4, 0.5) is 5.69 Å². The third-order valence-electron chi connectivity index (χ3n) is 6.04. The summed E-state index contributed by atoms with van der Waals surface area (Å²) in [5, 5.41) is 3.85. The third kappa shape index (κ3) is 5.16. The Morgan fingerprint density at radius 1 is 0.789 bits per heavy atom. The maximum Gasteiger partial charge on any atom is 0.274 e. The van der Waals surface area contributed by atoms with E-state index in [2.05, 4.69) is 20.3 Å². The molecule has 0 unspecified atom stereocenters. The topological polar surface area (TPSA) is 93.6 Å². The van der Waals surface area contributed by atoms with Crippen LogP contribution < -0.4 is 5.32 Å². The Labute approximate surface area is 223 Å². The number of hydrogen-bond acceptors (Lipinski definition) is 7. The van der Waals surface area contributed by atoms with E-state index < -0.39 is 0 Å². The van der Waals surface area contributed by atoms with Gasteiger partial charge >= 0.3 is 0 Å². The molecule has 184 valence electrons. The molecule has 6 aromatic rings. The monoisotopic (exact) mass is 514 g/mol. The quantitative estimate of drug-likeness (QED) is 0.271. The van der Waals surface area contributed by atoms with Crippen LogP contribution in [-0.4, -0.2) is 30.8 Å². The normalized spacial score (nSPS) is 10.9. The van der Waals surface area contributed by atoms with Crippen molar-refractivity contribution in [3.63, 3.8) is 0 Å². The second-order valence-electron chi connectivity index (χ2n) is 8.64. The molecule has 6 rings (SSSR count). The van der Waals surface area contributed by atoms with E-state index in [-0.39, 0.29) is 5.91 Å². The fourth-order valence-electron chi connectivity index (χ4n) is 4.13. The van der Waals surface area contributed by atoms with E-state index in [4.69, 9.17) is 9.97 Å². The highest BCUT2D eigenvalue weighted by molar-refractivity contribution is 7.21. The fourth-order valence-corrected chi connectivity index (χ4v) is 5.08. The van der Waals surface area contributed by atoms with Crippen LogP contribution in [0.5, 0.6) is 0 Å². The molecule has 0 aliphatic carbocycles. The summed E-state index contributed by atoms with van der Waals surface area (Å²) in [4.78, 5) is 37.0. The van der Waals surface area contributed by atoms with Crippen molar-refractivity contribution in [2.75, 3.05) is 5.32 Å². The van der Waals surface area contributed by atoms with Gasteiger partial charge < -0.3 is 5.32 Å². The molecule has 0 fully saturated rings. The molecular weight excluding hydrogens is 492 g/mol. The molecule has 8 heteroatoms. The van der Waals surface area contributed by atoms with Gasteiger partial charge in [-0.2, -0.15) is 0 Å². The second-order valence-corrected chi connectivity index (χ2v) is 9.61. The highest BCUT2D eigenvalue weighted by atomic mass is 32.1. The molecular formula is C30H22N6OS. The van der Waals surface area contributed by atoms with Gasteiger partial charge in [-0.15, -0.1) is 0 Å². The first kappa shape index (κ1) is 23.6. The number of thiazole rings is 1. The van der Waals surface area contributed by atoms with Gasteiger partial charge in [0.1, 0.15) is 21.0 Å². The molecule has 0 atom stereocenters. The van der Waals surface area contributed by atoms with Crippen molar-refractivity contribution in [1.29, 1.82) is 0 Å². The summed E-state index contributed by atoms with van der Waals surface area (Å²) in [6.07, 6.45) is 6.76. The Bertz CT molecular complexity index is 1690. The number of aryl methyl sites for hydroxylation is 2. The number of para-hydroxylation sites is 1. The van der Waals surface area contributed by atoms with E-state index >= 15 is 0 Å². The minimum atomic E-state index is -0.304. The molecule has 4 heterocycles. The first-order valence-electron chi connectivity index (χ1n) is 12.2. The van der Waals surface area contributed by atoms with Crippen LogP contribution in [0.25, 0.3) is 32.3 Å². The van der Waals surface area contributed by atoms with Gasteiger partial charge in [0.15, 0.2) is 5.82 Å². The number of fused-ring (bicyclic) bond motifs is 1. The molecule has 38 heavy (non-hydrogen) atoms. The fraction of sp³-hybridized carbons (Fsp3) is 0.0667. The number of amides is 1. The number of aromatic nitrogens is 5. The number of carbonyl (C=O) groups excluding carboxylic acids is 1. The van der Waals surface area contributed by atoms with Crippen LogP contribution in [0.15, 0.2) is 104 Å². The lowest BCUT2D eigenvalue weighted by Gasteiger charge is -2.11. The smallest absolute Gasteiger partial charge is 0.274 e. The second kappa shape index (κ2) is 10.7. The van der Waals surface area contributed by atoms with E-state index in [1.807, 2.05) is 78.9 Å². The van der Waals surface area contributed by atoms with E-state index in [9.17, 15) is 4.79 Å². The number of pyridine rings is 2. The molecule has 0 spiro atoms. The maximum atomic E-state index is 13.5. The zero-order valence-electron chi connectivity index (χ0n) is 20.3. The summed E-state index contributed by atoms with van der Waals surface area (Å²) < 4.78 is 0. The van der Waals surface area contributed by atoms with Crippen LogP contribution in [0, 0.1) is 0 Å². The predicted molar refractivity (Wildman–Crippen MR) is 150 cm³/mol. The molecule has 1 N–H and O–H groups in total. The third-order valence-corrected chi connectivity index (χ3v) is 7.05. The largest absolute Gasteiger partial charge is 0.320 e. The van der Waals surface area contributed by atoms with Gasteiger partial charge in [-0.3, -0.25) is 9.78 Å². The highest BCUT2D eigenvalue weighted by Crippen LogP contribution is 2.33. The predicted octanol–water partition coefficient (Wildman–Crippen LogP) is 6.25. The summed E-state index contributed by atoms with van der Waals surface area (Å²) in [6, 6.07) is 26.9. The molecule has 4 aromatic heterocycles. The molecule has 0 radical (unpaired) electrons. The van der Waals surface area contributed by atoms with Gasteiger partial charge in [0, 0.05) is 35.4 Å². The van der Waals surface area contributed by atoms with Gasteiger partial charge in [0.2, 0.25) is 0 Å². The number of carbonyl (C=O) groups is 1. The van der Waals surface area contributed by atoms with Crippen LogP contribution in [0.2, 0.25) is 0 Å². The summed E-state index contributed by atoms with van der Waals surface area (Å²) in [7, 11) is 0. The zero-order chi connectivity index (χ0) is 25.7.